The molecule has 0 aromatic carbocycles. The molecule has 2 rings (SSSR count). The van der Waals surface area contributed by atoms with Crippen LogP contribution in [0.25, 0.3) is 0 Å². The third kappa shape index (κ3) is 12.9. The minimum Gasteiger partial charge on any atom is -0.379 e. The number of nitrogens with zero attached hydrogens (tertiary/aromatic N) is 2. The van der Waals surface area contributed by atoms with E-state index in [1.165, 1.54) is 32.4 Å². The van der Waals surface area contributed by atoms with Crippen molar-refractivity contribution in [2.24, 2.45) is 5.92 Å². The molecule has 0 aromatic heterocycles. The number of amides is 1. The van der Waals surface area contributed by atoms with Gasteiger partial charge >= 0.3 is 0 Å². The molecule has 0 saturated carbocycles. The third-order valence-electron chi connectivity index (χ3n) is 5.40. The highest BCUT2D eigenvalue weighted by Crippen LogP contribution is 2.08. The van der Waals surface area contributed by atoms with Gasteiger partial charge in [-0.05, 0) is 45.4 Å². The molecule has 1 atom stereocenters. The molecule has 2 fully saturated rings. The molecule has 0 bridgehead atoms. The lowest BCUT2D eigenvalue weighted by molar-refractivity contribution is -0.118. The zero-order chi connectivity index (χ0) is 22.2. The first kappa shape index (κ1) is 26.5. The lowest BCUT2D eigenvalue weighted by Gasteiger charge is -2.25. The number of likely N-dealkylation sites (tertiary alicyclic amines) is 1. The summed E-state index contributed by atoms with van der Waals surface area (Å²) in [6.45, 7) is 15.6. The molecule has 6 heteroatoms. The SMILES string of the molecule is CC(C)C(=O)/C=C/CN1CCCCC1.CCC(C)NC(=O)/C=C/CN1CCOCC1.[HH]. The van der Waals surface area contributed by atoms with Crippen molar-refractivity contribution < 1.29 is 15.8 Å². The number of piperidine rings is 1. The number of carbonyl (C=O) groups excluding carboxylic acids is 2. The van der Waals surface area contributed by atoms with Gasteiger partial charge in [-0.1, -0.05) is 39.3 Å². The van der Waals surface area contributed by atoms with Gasteiger partial charge in [-0.2, -0.15) is 0 Å². The summed E-state index contributed by atoms with van der Waals surface area (Å²) in [4.78, 5) is 27.4. The van der Waals surface area contributed by atoms with Crippen LogP contribution in [0.4, 0.5) is 0 Å². The molecule has 2 aliphatic heterocycles. The van der Waals surface area contributed by atoms with E-state index in [1.807, 2.05) is 32.9 Å². The highest BCUT2D eigenvalue weighted by Gasteiger charge is 2.09. The summed E-state index contributed by atoms with van der Waals surface area (Å²) >= 11 is 0. The lowest BCUT2D eigenvalue weighted by Crippen LogP contribution is -2.36. The van der Waals surface area contributed by atoms with E-state index in [-0.39, 0.29) is 25.1 Å². The fourth-order valence-electron chi connectivity index (χ4n) is 3.14. The van der Waals surface area contributed by atoms with E-state index >= 15 is 0 Å². The molecule has 2 aliphatic rings. The minimum absolute atomic E-state index is 0. The molecule has 0 radical (unpaired) electrons. The van der Waals surface area contributed by atoms with Gasteiger partial charge in [0.15, 0.2) is 5.78 Å². The van der Waals surface area contributed by atoms with E-state index < -0.39 is 0 Å². The smallest absolute Gasteiger partial charge is 0.243 e. The van der Waals surface area contributed by atoms with Crippen LogP contribution in [0, 0.1) is 5.92 Å². The van der Waals surface area contributed by atoms with Crippen LogP contribution in [0.1, 0.15) is 54.8 Å². The highest BCUT2D eigenvalue weighted by atomic mass is 16.5. The fourth-order valence-corrected chi connectivity index (χ4v) is 3.14. The number of nitrogens with one attached hydrogen (secondary N) is 1. The van der Waals surface area contributed by atoms with Gasteiger partial charge in [0.2, 0.25) is 5.91 Å². The largest absolute Gasteiger partial charge is 0.379 e. The van der Waals surface area contributed by atoms with E-state index in [4.69, 9.17) is 4.74 Å². The first-order valence-electron chi connectivity index (χ1n) is 11.6. The molecule has 174 valence electrons. The molecule has 30 heavy (non-hydrogen) atoms. The molecule has 0 aromatic rings. The summed E-state index contributed by atoms with van der Waals surface area (Å²) in [7, 11) is 0. The second-order valence-corrected chi connectivity index (χ2v) is 8.45. The van der Waals surface area contributed by atoms with Crippen molar-refractivity contribution in [2.45, 2.75) is 59.4 Å². The van der Waals surface area contributed by atoms with Gasteiger partial charge in [-0.25, -0.2) is 0 Å². The fraction of sp³-hybridized carbons (Fsp3) is 0.750. The second kappa shape index (κ2) is 16.2. The van der Waals surface area contributed by atoms with Crippen LogP contribution in [0.2, 0.25) is 0 Å². The van der Waals surface area contributed by atoms with Gasteiger partial charge in [0, 0.05) is 45.6 Å². The first-order chi connectivity index (χ1) is 14.4. The Labute approximate surface area is 185 Å². The van der Waals surface area contributed by atoms with Gasteiger partial charge in [0.25, 0.3) is 0 Å². The quantitative estimate of drug-likeness (QED) is 0.577. The van der Waals surface area contributed by atoms with Crippen LogP contribution in [0.3, 0.4) is 0 Å². The Balaban J connectivity index is 0.000000567. The highest BCUT2D eigenvalue weighted by molar-refractivity contribution is 5.91. The number of ketones is 1. The summed E-state index contributed by atoms with van der Waals surface area (Å²) in [5.41, 5.74) is 0. The summed E-state index contributed by atoms with van der Waals surface area (Å²) in [6.07, 6.45) is 12.2. The van der Waals surface area contributed by atoms with E-state index in [1.54, 1.807) is 12.2 Å². The van der Waals surface area contributed by atoms with Crippen molar-refractivity contribution in [3.63, 3.8) is 0 Å². The van der Waals surface area contributed by atoms with Crippen molar-refractivity contribution in [2.75, 3.05) is 52.5 Å². The second-order valence-electron chi connectivity index (χ2n) is 8.45. The molecular weight excluding hydrogens is 378 g/mol. The average molecular weight is 424 g/mol. The number of morpholine rings is 1. The van der Waals surface area contributed by atoms with Crippen LogP contribution in [0.5, 0.6) is 0 Å². The topological polar surface area (TPSA) is 61.9 Å². The van der Waals surface area contributed by atoms with Crippen molar-refractivity contribution in [3.05, 3.63) is 24.3 Å². The van der Waals surface area contributed by atoms with Crippen LogP contribution < -0.4 is 5.32 Å². The van der Waals surface area contributed by atoms with Crippen LogP contribution in [-0.4, -0.2) is 80.0 Å². The zero-order valence-electron chi connectivity index (χ0n) is 19.6. The molecule has 2 saturated heterocycles. The van der Waals surface area contributed by atoms with Crippen LogP contribution >= 0.6 is 0 Å². The van der Waals surface area contributed by atoms with Gasteiger partial charge in [0.05, 0.1) is 13.2 Å². The number of allylic oxidation sites excluding steroid dienone is 1. The molecular formula is C24H45N3O3. The van der Waals surface area contributed by atoms with E-state index in [2.05, 4.69) is 22.0 Å². The van der Waals surface area contributed by atoms with Crippen molar-refractivity contribution in [1.82, 2.24) is 15.1 Å². The number of hydrogen-bond donors (Lipinski definition) is 1. The van der Waals surface area contributed by atoms with Gasteiger partial charge in [-0.15, -0.1) is 0 Å². The van der Waals surface area contributed by atoms with Crippen molar-refractivity contribution in [1.29, 1.82) is 0 Å². The maximum Gasteiger partial charge on any atom is 0.243 e. The molecule has 0 spiro atoms. The van der Waals surface area contributed by atoms with Gasteiger partial charge in [-0.3, -0.25) is 19.4 Å². The Morgan fingerprint density at radius 3 is 2.07 bits per heavy atom. The predicted molar refractivity (Wildman–Crippen MR) is 126 cm³/mol. The van der Waals surface area contributed by atoms with Crippen LogP contribution in [0.15, 0.2) is 24.3 Å². The monoisotopic (exact) mass is 423 g/mol. The molecule has 1 unspecified atom stereocenters. The van der Waals surface area contributed by atoms with Crippen LogP contribution in [-0.2, 0) is 14.3 Å². The average Bonchev–Trinajstić information content (AvgIpc) is 2.75. The predicted octanol–water partition coefficient (Wildman–Crippen LogP) is 3.29. The Kier molecular flexibility index (Phi) is 14.4. The van der Waals surface area contributed by atoms with E-state index in [0.717, 1.165) is 45.8 Å². The Morgan fingerprint density at radius 1 is 0.933 bits per heavy atom. The van der Waals surface area contributed by atoms with E-state index in [9.17, 15) is 9.59 Å². The molecule has 1 N–H and O–H groups in total. The summed E-state index contributed by atoms with van der Waals surface area (Å²) in [5.74, 6) is 0.372. The Bertz CT molecular complexity index is 540. The molecule has 1 amide bonds. The number of hydrogen-bond acceptors (Lipinski definition) is 5. The van der Waals surface area contributed by atoms with Gasteiger partial charge in [0.1, 0.15) is 0 Å². The molecule has 2 heterocycles. The van der Waals surface area contributed by atoms with Gasteiger partial charge < -0.3 is 10.1 Å². The maximum absolute atomic E-state index is 11.4. The number of carbonyl (C=O) groups is 2. The van der Waals surface area contributed by atoms with E-state index in [0.29, 0.717) is 0 Å². The maximum atomic E-state index is 11.4. The minimum atomic E-state index is 0. The number of rotatable bonds is 9. The zero-order valence-corrected chi connectivity index (χ0v) is 19.6. The summed E-state index contributed by atoms with van der Waals surface area (Å²) < 4.78 is 5.25. The Hall–Kier alpha value is -1.50. The standard InChI is InChI=1S/C12H22N2O2.C12H21NO.H2/c1-3-11(2)13-12(15)5-4-6-14-7-9-16-10-8-14;1-11(2)12(14)7-6-10-13-8-4-3-5-9-13;/h4-5,11H,3,6-10H2,1-2H3,(H,13,15);6-7,11H,3-5,8-10H2,1-2H3;1H/b5-4+;7-6+;. The normalized spacial score (nSPS) is 19.6. The first-order valence-corrected chi connectivity index (χ1v) is 11.6. The third-order valence-corrected chi connectivity index (χ3v) is 5.40. The van der Waals surface area contributed by atoms with Crippen molar-refractivity contribution in [3.8, 4) is 0 Å². The van der Waals surface area contributed by atoms with Crippen molar-refractivity contribution >= 4 is 11.7 Å². The Morgan fingerprint density at radius 2 is 1.50 bits per heavy atom. The summed E-state index contributed by atoms with van der Waals surface area (Å²) in [6, 6.07) is 0.250. The number of ether oxygens (including phenoxy) is 1. The molecule has 0 aliphatic carbocycles. The lowest BCUT2D eigenvalue weighted by atomic mass is 10.1. The summed E-state index contributed by atoms with van der Waals surface area (Å²) in [5, 5.41) is 2.90. The molecule has 6 nitrogen and oxygen atoms in total.